The Labute approximate surface area is 126 Å². The van der Waals surface area contributed by atoms with Crippen molar-refractivity contribution < 1.29 is 0 Å². The number of benzene rings is 2. The van der Waals surface area contributed by atoms with E-state index in [1.165, 1.54) is 30.5 Å². The van der Waals surface area contributed by atoms with Crippen LogP contribution in [0.3, 0.4) is 0 Å². The highest BCUT2D eigenvalue weighted by atomic mass is 15.2. The highest BCUT2D eigenvalue weighted by Crippen LogP contribution is 2.47. The molecule has 1 fully saturated rings. The predicted molar refractivity (Wildman–Crippen MR) is 87.5 cm³/mol. The van der Waals surface area contributed by atoms with Crippen LogP contribution in [0, 0.1) is 0 Å². The lowest BCUT2D eigenvalue weighted by Crippen LogP contribution is -2.34. The number of nitrogens with two attached hydrogens (primary N) is 1. The van der Waals surface area contributed by atoms with Crippen molar-refractivity contribution in [2.24, 2.45) is 0 Å². The lowest BCUT2D eigenvalue weighted by molar-refractivity contribution is 0.265. The Hall–Kier alpha value is -1.80. The molecule has 3 atom stereocenters. The third-order valence-corrected chi connectivity index (χ3v) is 5.41. The van der Waals surface area contributed by atoms with Gasteiger partial charge in [0.25, 0.3) is 0 Å². The average Bonchev–Trinajstić information content (AvgIpc) is 2.89. The lowest BCUT2D eigenvalue weighted by Gasteiger charge is -2.37. The second-order valence-corrected chi connectivity index (χ2v) is 6.53. The quantitative estimate of drug-likeness (QED) is 0.808. The molecule has 0 bridgehead atoms. The number of likely N-dealkylation sites (N-methyl/N-ethyl adjacent to an activating group) is 1. The summed E-state index contributed by atoms with van der Waals surface area (Å²) in [4.78, 5) is 2.55. The summed E-state index contributed by atoms with van der Waals surface area (Å²) >= 11 is 0. The fourth-order valence-corrected chi connectivity index (χ4v) is 4.29. The molecule has 2 aromatic carbocycles. The normalized spacial score (nSPS) is 28.1. The second kappa shape index (κ2) is 4.88. The summed E-state index contributed by atoms with van der Waals surface area (Å²) in [5.41, 5.74) is 11.2. The van der Waals surface area contributed by atoms with E-state index in [-0.39, 0.29) is 0 Å². The SMILES string of the molecule is CN1CC[C@@H]2c3ccccc3[C@@H](c3ccc(N)cc3)C[C@H]21. The first-order valence-electron chi connectivity index (χ1n) is 7.88. The smallest absolute Gasteiger partial charge is 0.0314 e. The van der Waals surface area contributed by atoms with Gasteiger partial charge in [0.15, 0.2) is 0 Å². The highest BCUT2D eigenvalue weighted by Gasteiger charge is 2.40. The van der Waals surface area contributed by atoms with Crippen molar-refractivity contribution in [3.8, 4) is 0 Å². The van der Waals surface area contributed by atoms with Gasteiger partial charge in [0.1, 0.15) is 0 Å². The molecule has 2 aliphatic rings. The van der Waals surface area contributed by atoms with E-state index in [0.717, 1.165) is 11.6 Å². The Morgan fingerprint density at radius 2 is 1.71 bits per heavy atom. The Balaban J connectivity index is 1.81. The number of nitrogen functional groups attached to an aromatic ring is 1. The molecule has 0 saturated carbocycles. The van der Waals surface area contributed by atoms with Crippen molar-refractivity contribution in [2.75, 3.05) is 19.3 Å². The van der Waals surface area contributed by atoms with E-state index in [2.05, 4.69) is 48.3 Å². The van der Waals surface area contributed by atoms with Crippen LogP contribution in [0.2, 0.25) is 0 Å². The molecular weight excluding hydrogens is 256 g/mol. The number of hydrogen-bond donors (Lipinski definition) is 1. The van der Waals surface area contributed by atoms with Gasteiger partial charge in [-0.05, 0) is 55.3 Å². The Bertz CT molecular complexity index is 647. The van der Waals surface area contributed by atoms with E-state index in [1.54, 1.807) is 5.56 Å². The molecule has 2 N–H and O–H groups in total. The van der Waals surface area contributed by atoms with Gasteiger partial charge in [-0.15, -0.1) is 0 Å². The monoisotopic (exact) mass is 278 g/mol. The highest BCUT2D eigenvalue weighted by molar-refractivity contribution is 5.47. The zero-order valence-corrected chi connectivity index (χ0v) is 12.5. The van der Waals surface area contributed by atoms with Gasteiger partial charge < -0.3 is 10.6 Å². The van der Waals surface area contributed by atoms with Crippen LogP contribution in [0.5, 0.6) is 0 Å². The number of likely N-dealkylation sites (tertiary alicyclic amines) is 1. The predicted octanol–water partition coefficient (Wildman–Crippen LogP) is 3.59. The Kier molecular flexibility index (Phi) is 3.00. The van der Waals surface area contributed by atoms with E-state index >= 15 is 0 Å². The maximum absolute atomic E-state index is 5.85. The first-order chi connectivity index (χ1) is 10.2. The Morgan fingerprint density at radius 3 is 2.48 bits per heavy atom. The minimum atomic E-state index is 0.503. The number of nitrogens with zero attached hydrogens (tertiary/aromatic N) is 1. The summed E-state index contributed by atoms with van der Waals surface area (Å²) in [5, 5.41) is 0. The summed E-state index contributed by atoms with van der Waals surface area (Å²) in [7, 11) is 2.28. The molecular formula is C19H22N2. The summed E-state index contributed by atoms with van der Waals surface area (Å²) in [6.07, 6.45) is 2.52. The molecule has 108 valence electrons. The number of fused-ring (bicyclic) bond motifs is 3. The van der Waals surface area contributed by atoms with Gasteiger partial charge in [0.2, 0.25) is 0 Å². The van der Waals surface area contributed by atoms with Crippen molar-refractivity contribution in [1.29, 1.82) is 0 Å². The summed E-state index contributed by atoms with van der Waals surface area (Å²) in [6.45, 7) is 1.22. The van der Waals surface area contributed by atoms with Gasteiger partial charge in [0, 0.05) is 23.6 Å². The number of hydrogen-bond acceptors (Lipinski definition) is 2. The molecule has 2 aromatic rings. The van der Waals surface area contributed by atoms with Crippen LogP contribution in [0.4, 0.5) is 5.69 Å². The van der Waals surface area contributed by atoms with Crippen LogP contribution < -0.4 is 5.73 Å². The molecule has 0 radical (unpaired) electrons. The summed E-state index contributed by atoms with van der Waals surface area (Å²) in [5.74, 6) is 1.22. The minimum absolute atomic E-state index is 0.503. The van der Waals surface area contributed by atoms with E-state index in [1.807, 2.05) is 12.1 Å². The summed E-state index contributed by atoms with van der Waals surface area (Å²) < 4.78 is 0. The van der Waals surface area contributed by atoms with Gasteiger partial charge in [-0.25, -0.2) is 0 Å². The van der Waals surface area contributed by atoms with Gasteiger partial charge in [-0.1, -0.05) is 36.4 Å². The third-order valence-electron chi connectivity index (χ3n) is 5.41. The minimum Gasteiger partial charge on any atom is -0.399 e. The largest absolute Gasteiger partial charge is 0.399 e. The van der Waals surface area contributed by atoms with Gasteiger partial charge >= 0.3 is 0 Å². The Morgan fingerprint density at radius 1 is 1.00 bits per heavy atom. The van der Waals surface area contributed by atoms with Crippen LogP contribution in [0.25, 0.3) is 0 Å². The third kappa shape index (κ3) is 2.06. The molecule has 1 aliphatic carbocycles. The first kappa shape index (κ1) is 12.9. The molecule has 4 rings (SSSR count). The molecule has 1 saturated heterocycles. The fraction of sp³-hybridized carbons (Fsp3) is 0.368. The summed E-state index contributed by atoms with van der Waals surface area (Å²) in [6, 6.07) is 18.2. The van der Waals surface area contributed by atoms with Gasteiger partial charge in [0.05, 0.1) is 0 Å². The van der Waals surface area contributed by atoms with Crippen molar-refractivity contribution in [2.45, 2.75) is 30.7 Å². The zero-order valence-electron chi connectivity index (χ0n) is 12.5. The van der Waals surface area contributed by atoms with Crippen LogP contribution >= 0.6 is 0 Å². The van der Waals surface area contributed by atoms with Gasteiger partial charge in [-0.2, -0.15) is 0 Å². The second-order valence-electron chi connectivity index (χ2n) is 6.53. The van der Waals surface area contributed by atoms with E-state index in [4.69, 9.17) is 5.73 Å². The number of rotatable bonds is 1. The molecule has 21 heavy (non-hydrogen) atoms. The van der Waals surface area contributed by atoms with Crippen LogP contribution in [-0.4, -0.2) is 24.5 Å². The molecule has 0 amide bonds. The van der Waals surface area contributed by atoms with Crippen LogP contribution in [0.15, 0.2) is 48.5 Å². The molecule has 1 heterocycles. The molecule has 2 nitrogen and oxygen atoms in total. The molecule has 0 unspecified atom stereocenters. The van der Waals surface area contributed by atoms with Crippen molar-refractivity contribution in [1.82, 2.24) is 4.90 Å². The lowest BCUT2D eigenvalue weighted by atomic mass is 9.71. The fourth-order valence-electron chi connectivity index (χ4n) is 4.29. The van der Waals surface area contributed by atoms with E-state index in [0.29, 0.717) is 12.0 Å². The maximum Gasteiger partial charge on any atom is 0.0314 e. The standard InChI is InChI=1S/C19H22N2/c1-21-11-10-17-15-4-2-3-5-16(15)18(12-19(17)21)13-6-8-14(20)9-7-13/h2-9,17-19H,10-12,20H2,1H3/t17-,18-,19-/m1/s1. The van der Waals surface area contributed by atoms with Crippen molar-refractivity contribution >= 4 is 5.69 Å². The van der Waals surface area contributed by atoms with Crippen LogP contribution in [-0.2, 0) is 0 Å². The molecule has 2 heteroatoms. The number of anilines is 1. The van der Waals surface area contributed by atoms with Gasteiger partial charge in [-0.3, -0.25) is 0 Å². The average molecular weight is 278 g/mol. The molecule has 1 aliphatic heterocycles. The van der Waals surface area contributed by atoms with E-state index in [9.17, 15) is 0 Å². The molecule has 0 spiro atoms. The maximum atomic E-state index is 5.85. The van der Waals surface area contributed by atoms with Crippen molar-refractivity contribution in [3.05, 3.63) is 65.2 Å². The topological polar surface area (TPSA) is 29.3 Å². The first-order valence-corrected chi connectivity index (χ1v) is 7.88. The van der Waals surface area contributed by atoms with Crippen LogP contribution in [0.1, 0.15) is 41.4 Å². The molecule has 0 aromatic heterocycles. The van der Waals surface area contributed by atoms with E-state index < -0.39 is 0 Å². The van der Waals surface area contributed by atoms with Crippen molar-refractivity contribution in [3.63, 3.8) is 0 Å². The zero-order chi connectivity index (χ0) is 14.4.